The molecule has 0 saturated carbocycles. The Morgan fingerprint density at radius 3 is 2.72 bits per heavy atom. The maximum absolute atomic E-state index is 11.0. The first-order chi connectivity index (χ1) is 8.56. The molecule has 18 heavy (non-hydrogen) atoms. The zero-order valence-electron chi connectivity index (χ0n) is 10.7. The van der Waals surface area contributed by atoms with Gasteiger partial charge in [0.1, 0.15) is 0 Å². The van der Waals surface area contributed by atoms with Crippen molar-refractivity contribution in [1.29, 1.82) is 0 Å². The Bertz CT molecular complexity index is 390. The molecule has 0 radical (unpaired) electrons. The molecule has 0 bridgehead atoms. The number of carboxylic acid groups (broad SMARTS) is 1. The third-order valence-corrected chi connectivity index (χ3v) is 2.32. The first kappa shape index (κ1) is 14.6. The van der Waals surface area contributed by atoms with Crippen molar-refractivity contribution in [1.82, 2.24) is 15.0 Å². The zero-order valence-corrected chi connectivity index (χ0v) is 10.7. The number of aliphatic hydroxyl groups excluding tert-OH is 1. The van der Waals surface area contributed by atoms with E-state index in [1.54, 1.807) is 4.68 Å². The summed E-state index contributed by atoms with van der Waals surface area (Å²) in [5.74, 6) is -0.744. The van der Waals surface area contributed by atoms with Gasteiger partial charge in [0, 0.05) is 0 Å². The lowest BCUT2D eigenvalue weighted by Gasteiger charge is -2.09. The molecule has 1 aromatic heterocycles. The Morgan fingerprint density at radius 1 is 1.44 bits per heavy atom. The number of aliphatic hydroxyl groups is 1. The lowest BCUT2D eigenvalue weighted by atomic mass is 10.1. The van der Waals surface area contributed by atoms with Gasteiger partial charge in [-0.1, -0.05) is 19.1 Å². The fraction of sp³-hybridized carbons (Fsp3) is 0.727. The lowest BCUT2D eigenvalue weighted by Crippen LogP contribution is -2.15. The largest absolute Gasteiger partial charge is 0.476 e. The van der Waals surface area contributed by atoms with Gasteiger partial charge in [0.15, 0.2) is 5.69 Å². The van der Waals surface area contributed by atoms with Crippen LogP contribution in [0, 0.1) is 5.92 Å². The van der Waals surface area contributed by atoms with E-state index in [2.05, 4.69) is 10.3 Å². The molecule has 7 nitrogen and oxygen atoms in total. The fourth-order valence-corrected chi connectivity index (χ4v) is 1.58. The van der Waals surface area contributed by atoms with Crippen molar-refractivity contribution in [3.63, 3.8) is 0 Å². The highest BCUT2D eigenvalue weighted by molar-refractivity contribution is 5.86. The molecule has 0 unspecified atom stereocenters. The molecule has 2 N–H and O–H groups in total. The van der Waals surface area contributed by atoms with E-state index in [4.69, 9.17) is 14.9 Å². The third-order valence-electron chi connectivity index (χ3n) is 2.32. The van der Waals surface area contributed by atoms with E-state index < -0.39 is 5.97 Å². The standard InChI is InChI=1S/C11H19N3O4/c1-8(2)7-9-10(11(16)17)12-13-14(9)3-5-18-6-4-15/h8,15H,3-7H2,1-2H3,(H,16,17). The highest BCUT2D eigenvalue weighted by Crippen LogP contribution is 2.12. The Morgan fingerprint density at radius 2 is 2.17 bits per heavy atom. The van der Waals surface area contributed by atoms with Crippen LogP contribution in [0.3, 0.4) is 0 Å². The second kappa shape index (κ2) is 7.07. The van der Waals surface area contributed by atoms with E-state index in [0.29, 0.717) is 31.2 Å². The van der Waals surface area contributed by atoms with Crippen LogP contribution in [-0.4, -0.2) is 51.0 Å². The molecule has 7 heteroatoms. The minimum atomic E-state index is -1.06. The molecule has 0 atom stereocenters. The number of carbonyl (C=O) groups is 1. The van der Waals surface area contributed by atoms with E-state index in [1.165, 1.54) is 0 Å². The van der Waals surface area contributed by atoms with Crippen molar-refractivity contribution in [2.75, 3.05) is 19.8 Å². The van der Waals surface area contributed by atoms with Crippen LogP contribution in [0.4, 0.5) is 0 Å². The van der Waals surface area contributed by atoms with Crippen LogP contribution in [0.1, 0.15) is 30.0 Å². The molecule has 1 heterocycles. The Balaban J connectivity index is 2.73. The van der Waals surface area contributed by atoms with E-state index >= 15 is 0 Å². The number of aromatic nitrogens is 3. The number of rotatable bonds is 8. The predicted molar refractivity (Wildman–Crippen MR) is 63.4 cm³/mol. The van der Waals surface area contributed by atoms with Crippen LogP contribution in [0.5, 0.6) is 0 Å². The SMILES string of the molecule is CC(C)Cc1c(C(=O)O)nnn1CCOCCO. The smallest absolute Gasteiger partial charge is 0.358 e. The Hall–Kier alpha value is -1.47. The number of nitrogens with zero attached hydrogens (tertiary/aromatic N) is 3. The van der Waals surface area contributed by atoms with Crippen LogP contribution in [0.15, 0.2) is 0 Å². The molecule has 102 valence electrons. The molecule has 1 rings (SSSR count). The second-order valence-electron chi connectivity index (χ2n) is 4.35. The van der Waals surface area contributed by atoms with E-state index in [9.17, 15) is 4.79 Å². The van der Waals surface area contributed by atoms with Gasteiger partial charge in [0.2, 0.25) is 0 Å². The second-order valence-corrected chi connectivity index (χ2v) is 4.35. The molecule has 0 aliphatic carbocycles. The van der Waals surface area contributed by atoms with Crippen LogP contribution >= 0.6 is 0 Å². The maximum atomic E-state index is 11.0. The summed E-state index contributed by atoms with van der Waals surface area (Å²) in [6.07, 6.45) is 0.606. The van der Waals surface area contributed by atoms with Crippen molar-refractivity contribution in [3.8, 4) is 0 Å². The summed E-state index contributed by atoms with van der Waals surface area (Å²) in [7, 11) is 0. The predicted octanol–water partition coefficient (Wildman–Crippen LogP) is 0.184. The Labute approximate surface area is 105 Å². The van der Waals surface area contributed by atoms with Crippen molar-refractivity contribution in [2.24, 2.45) is 5.92 Å². The van der Waals surface area contributed by atoms with E-state index in [0.717, 1.165) is 0 Å². The van der Waals surface area contributed by atoms with Crippen molar-refractivity contribution in [3.05, 3.63) is 11.4 Å². The van der Waals surface area contributed by atoms with Crippen molar-refractivity contribution in [2.45, 2.75) is 26.8 Å². The first-order valence-corrected chi connectivity index (χ1v) is 5.90. The summed E-state index contributed by atoms with van der Waals surface area (Å²) in [4.78, 5) is 11.0. The van der Waals surface area contributed by atoms with Gasteiger partial charge in [0.05, 0.1) is 32.1 Å². The number of carboxylic acids is 1. The van der Waals surface area contributed by atoms with Gasteiger partial charge in [-0.05, 0) is 12.3 Å². The number of ether oxygens (including phenoxy) is 1. The third kappa shape index (κ3) is 4.08. The van der Waals surface area contributed by atoms with Gasteiger partial charge >= 0.3 is 5.97 Å². The molecular weight excluding hydrogens is 238 g/mol. The van der Waals surface area contributed by atoms with Gasteiger partial charge in [-0.2, -0.15) is 0 Å². The topological polar surface area (TPSA) is 97.5 Å². The molecular formula is C11H19N3O4. The average Bonchev–Trinajstić information content (AvgIpc) is 2.67. The lowest BCUT2D eigenvalue weighted by molar-refractivity contribution is 0.0688. The first-order valence-electron chi connectivity index (χ1n) is 5.90. The van der Waals surface area contributed by atoms with Gasteiger partial charge in [-0.25, -0.2) is 9.48 Å². The van der Waals surface area contributed by atoms with Crippen LogP contribution in [-0.2, 0) is 17.7 Å². The number of hydrogen-bond acceptors (Lipinski definition) is 5. The highest BCUT2D eigenvalue weighted by atomic mass is 16.5. The summed E-state index contributed by atoms with van der Waals surface area (Å²) in [6, 6.07) is 0. The molecule has 0 fully saturated rings. The minimum Gasteiger partial charge on any atom is -0.476 e. The molecule has 0 spiro atoms. The summed E-state index contributed by atoms with van der Waals surface area (Å²) in [5.41, 5.74) is 0.621. The highest BCUT2D eigenvalue weighted by Gasteiger charge is 2.19. The minimum absolute atomic E-state index is 0.00542. The van der Waals surface area contributed by atoms with Crippen LogP contribution in [0.25, 0.3) is 0 Å². The molecule has 0 aromatic carbocycles. The molecule has 0 amide bonds. The molecule has 1 aromatic rings. The maximum Gasteiger partial charge on any atom is 0.358 e. The quantitative estimate of drug-likeness (QED) is 0.645. The molecule has 0 aliphatic rings. The number of hydrogen-bond donors (Lipinski definition) is 2. The summed E-state index contributed by atoms with van der Waals surface area (Å²) in [6.45, 7) is 5.05. The summed E-state index contributed by atoms with van der Waals surface area (Å²) < 4.78 is 6.69. The van der Waals surface area contributed by atoms with Crippen molar-refractivity contribution < 1.29 is 19.7 Å². The summed E-state index contributed by atoms with van der Waals surface area (Å²) in [5, 5.41) is 25.1. The molecule has 0 aliphatic heterocycles. The monoisotopic (exact) mass is 257 g/mol. The molecule has 0 saturated heterocycles. The van der Waals surface area contributed by atoms with Crippen molar-refractivity contribution >= 4 is 5.97 Å². The average molecular weight is 257 g/mol. The van der Waals surface area contributed by atoms with Gasteiger partial charge in [0.25, 0.3) is 0 Å². The van der Waals surface area contributed by atoms with E-state index in [1.807, 2.05) is 13.8 Å². The number of aromatic carboxylic acids is 1. The van der Waals surface area contributed by atoms with E-state index in [-0.39, 0.29) is 18.9 Å². The van der Waals surface area contributed by atoms with Crippen LogP contribution < -0.4 is 0 Å². The summed E-state index contributed by atoms with van der Waals surface area (Å²) >= 11 is 0. The Kier molecular flexibility index (Phi) is 5.73. The van der Waals surface area contributed by atoms with Gasteiger partial charge < -0.3 is 14.9 Å². The van der Waals surface area contributed by atoms with Gasteiger partial charge in [-0.15, -0.1) is 5.10 Å². The normalized spacial score (nSPS) is 11.1. The van der Waals surface area contributed by atoms with Gasteiger partial charge in [-0.3, -0.25) is 0 Å². The fourth-order valence-electron chi connectivity index (χ4n) is 1.58. The zero-order chi connectivity index (χ0) is 13.5. The van der Waals surface area contributed by atoms with Crippen LogP contribution in [0.2, 0.25) is 0 Å².